The summed E-state index contributed by atoms with van der Waals surface area (Å²) in [6.07, 6.45) is 3.47. The lowest BCUT2D eigenvalue weighted by molar-refractivity contribution is 0.0747. The van der Waals surface area contributed by atoms with E-state index in [1.165, 1.54) is 16.8 Å². The van der Waals surface area contributed by atoms with E-state index in [1.54, 1.807) is 11.0 Å². The standard InChI is InChI=1S/C26H26N6O/c33-26(22-9-5-2-6-10-22)31-17-15-30(16-18-31)24-13-14-25(32-20-27-28-29-32)23(19-24)12-11-21-7-3-1-4-8-21/h1-10,13-14,19-20H,11-12,15-18H2. The first-order valence-corrected chi connectivity index (χ1v) is 11.3. The van der Waals surface area contributed by atoms with Crippen LogP contribution in [0.2, 0.25) is 0 Å². The number of tetrazole rings is 1. The molecular formula is C26H26N6O. The average molecular weight is 439 g/mol. The Hall–Kier alpha value is -4.00. The molecule has 1 aromatic heterocycles. The number of piperazine rings is 1. The number of carbonyl (C=O) groups is 1. The molecule has 4 aromatic rings. The van der Waals surface area contributed by atoms with Crippen molar-refractivity contribution in [2.75, 3.05) is 31.1 Å². The maximum atomic E-state index is 12.8. The summed E-state index contributed by atoms with van der Waals surface area (Å²) in [5.74, 6) is 0.104. The van der Waals surface area contributed by atoms with E-state index in [4.69, 9.17) is 0 Å². The van der Waals surface area contributed by atoms with Gasteiger partial charge in [0.2, 0.25) is 0 Å². The van der Waals surface area contributed by atoms with Crippen LogP contribution >= 0.6 is 0 Å². The number of nitrogens with zero attached hydrogens (tertiary/aromatic N) is 6. The van der Waals surface area contributed by atoms with Crippen molar-refractivity contribution in [1.82, 2.24) is 25.1 Å². The minimum Gasteiger partial charge on any atom is -0.368 e. The van der Waals surface area contributed by atoms with Gasteiger partial charge in [-0.15, -0.1) is 5.10 Å². The molecule has 0 atom stereocenters. The minimum absolute atomic E-state index is 0.104. The monoisotopic (exact) mass is 438 g/mol. The molecule has 166 valence electrons. The van der Waals surface area contributed by atoms with Gasteiger partial charge in [0.1, 0.15) is 6.33 Å². The summed E-state index contributed by atoms with van der Waals surface area (Å²) in [5.41, 5.74) is 5.42. The number of hydrogen-bond acceptors (Lipinski definition) is 5. The van der Waals surface area contributed by atoms with E-state index >= 15 is 0 Å². The summed E-state index contributed by atoms with van der Waals surface area (Å²) in [6, 6.07) is 26.5. The number of aryl methyl sites for hydroxylation is 2. The van der Waals surface area contributed by atoms with Crippen molar-refractivity contribution in [3.05, 3.63) is 102 Å². The number of amides is 1. The molecule has 3 aromatic carbocycles. The third-order valence-corrected chi connectivity index (χ3v) is 6.14. The molecule has 0 spiro atoms. The van der Waals surface area contributed by atoms with Gasteiger partial charge in [0.25, 0.3) is 5.91 Å². The molecule has 1 fully saturated rings. The lowest BCUT2D eigenvalue weighted by Crippen LogP contribution is -2.48. The van der Waals surface area contributed by atoms with Crippen LogP contribution < -0.4 is 4.90 Å². The van der Waals surface area contributed by atoms with Crippen LogP contribution in [-0.2, 0) is 12.8 Å². The highest BCUT2D eigenvalue weighted by Crippen LogP contribution is 2.25. The maximum absolute atomic E-state index is 12.8. The normalized spacial score (nSPS) is 13.8. The van der Waals surface area contributed by atoms with E-state index in [-0.39, 0.29) is 5.91 Å². The Kier molecular flexibility index (Phi) is 6.10. The Bertz CT molecular complexity index is 1190. The van der Waals surface area contributed by atoms with Crippen molar-refractivity contribution in [2.45, 2.75) is 12.8 Å². The fraction of sp³-hybridized carbons (Fsp3) is 0.231. The highest BCUT2D eigenvalue weighted by molar-refractivity contribution is 5.94. The topological polar surface area (TPSA) is 67.2 Å². The summed E-state index contributed by atoms with van der Waals surface area (Å²) >= 11 is 0. The van der Waals surface area contributed by atoms with Gasteiger partial charge in [-0.2, -0.15) is 0 Å². The molecule has 0 saturated carbocycles. The second kappa shape index (κ2) is 9.65. The van der Waals surface area contributed by atoms with Crippen LogP contribution in [0, 0.1) is 0 Å². The average Bonchev–Trinajstić information content (AvgIpc) is 3.43. The Labute approximate surface area is 193 Å². The minimum atomic E-state index is 0.104. The Balaban J connectivity index is 1.32. The summed E-state index contributed by atoms with van der Waals surface area (Å²) in [6.45, 7) is 3.03. The lowest BCUT2D eigenvalue weighted by Gasteiger charge is -2.36. The second-order valence-electron chi connectivity index (χ2n) is 8.20. The largest absolute Gasteiger partial charge is 0.368 e. The first-order chi connectivity index (χ1) is 16.3. The molecule has 0 unspecified atom stereocenters. The zero-order chi connectivity index (χ0) is 22.5. The Morgan fingerprint density at radius 3 is 2.24 bits per heavy atom. The van der Waals surface area contributed by atoms with E-state index < -0.39 is 0 Å². The maximum Gasteiger partial charge on any atom is 0.253 e. The zero-order valence-corrected chi connectivity index (χ0v) is 18.4. The molecule has 2 heterocycles. The van der Waals surface area contributed by atoms with Gasteiger partial charge >= 0.3 is 0 Å². The van der Waals surface area contributed by atoms with Crippen molar-refractivity contribution in [3.8, 4) is 5.69 Å². The van der Waals surface area contributed by atoms with Crippen LogP contribution in [0.4, 0.5) is 5.69 Å². The van der Waals surface area contributed by atoms with Crippen LogP contribution in [0.25, 0.3) is 5.69 Å². The lowest BCUT2D eigenvalue weighted by atomic mass is 10.0. The van der Waals surface area contributed by atoms with Gasteiger partial charge in [0, 0.05) is 37.4 Å². The fourth-order valence-electron chi connectivity index (χ4n) is 4.32. The SMILES string of the molecule is O=C(c1ccccc1)N1CCN(c2ccc(-n3cnnn3)c(CCc3ccccc3)c2)CC1. The molecule has 1 aliphatic heterocycles. The van der Waals surface area contributed by atoms with E-state index in [0.717, 1.165) is 37.2 Å². The third-order valence-electron chi connectivity index (χ3n) is 6.14. The quantitative estimate of drug-likeness (QED) is 0.462. The van der Waals surface area contributed by atoms with Gasteiger partial charge in [-0.05, 0) is 64.7 Å². The number of hydrogen-bond donors (Lipinski definition) is 0. The van der Waals surface area contributed by atoms with Crippen LogP contribution in [0.3, 0.4) is 0 Å². The van der Waals surface area contributed by atoms with Crippen molar-refractivity contribution < 1.29 is 4.79 Å². The van der Waals surface area contributed by atoms with E-state index in [9.17, 15) is 4.79 Å². The van der Waals surface area contributed by atoms with Crippen molar-refractivity contribution in [1.29, 1.82) is 0 Å². The predicted molar refractivity (Wildman–Crippen MR) is 128 cm³/mol. The van der Waals surface area contributed by atoms with Crippen LogP contribution in [-0.4, -0.2) is 57.2 Å². The van der Waals surface area contributed by atoms with Crippen molar-refractivity contribution in [2.24, 2.45) is 0 Å². The number of anilines is 1. The molecule has 7 heteroatoms. The molecule has 1 saturated heterocycles. The molecule has 1 aliphatic rings. The summed E-state index contributed by atoms with van der Waals surface area (Å²) in [4.78, 5) is 17.1. The Morgan fingerprint density at radius 2 is 1.55 bits per heavy atom. The zero-order valence-electron chi connectivity index (χ0n) is 18.4. The van der Waals surface area contributed by atoms with E-state index in [1.807, 2.05) is 41.3 Å². The molecular weight excluding hydrogens is 412 g/mol. The summed E-state index contributed by atoms with van der Waals surface area (Å²) in [7, 11) is 0. The van der Waals surface area contributed by atoms with Gasteiger partial charge in [0.05, 0.1) is 5.69 Å². The molecule has 0 aliphatic carbocycles. The van der Waals surface area contributed by atoms with Crippen molar-refractivity contribution >= 4 is 11.6 Å². The molecule has 0 radical (unpaired) electrons. The van der Waals surface area contributed by atoms with Crippen LogP contribution in [0.5, 0.6) is 0 Å². The van der Waals surface area contributed by atoms with E-state index in [2.05, 4.69) is 62.9 Å². The summed E-state index contributed by atoms with van der Waals surface area (Å²) in [5, 5.41) is 11.7. The van der Waals surface area contributed by atoms with E-state index in [0.29, 0.717) is 13.1 Å². The smallest absolute Gasteiger partial charge is 0.253 e. The van der Waals surface area contributed by atoms with Gasteiger partial charge in [-0.1, -0.05) is 48.5 Å². The first kappa shape index (κ1) is 20.9. The van der Waals surface area contributed by atoms with Gasteiger partial charge in [-0.25, -0.2) is 4.68 Å². The van der Waals surface area contributed by atoms with Crippen LogP contribution in [0.1, 0.15) is 21.5 Å². The predicted octanol–water partition coefficient (Wildman–Crippen LogP) is 3.41. The molecule has 5 rings (SSSR count). The van der Waals surface area contributed by atoms with Gasteiger partial charge in [-0.3, -0.25) is 4.79 Å². The highest BCUT2D eigenvalue weighted by atomic mass is 16.2. The number of aromatic nitrogens is 4. The summed E-state index contributed by atoms with van der Waals surface area (Å²) < 4.78 is 1.72. The first-order valence-electron chi connectivity index (χ1n) is 11.3. The molecule has 0 bridgehead atoms. The molecule has 1 amide bonds. The Morgan fingerprint density at radius 1 is 0.818 bits per heavy atom. The van der Waals surface area contributed by atoms with Crippen LogP contribution in [0.15, 0.2) is 85.2 Å². The fourth-order valence-corrected chi connectivity index (χ4v) is 4.32. The second-order valence-corrected chi connectivity index (χ2v) is 8.20. The number of carbonyl (C=O) groups excluding carboxylic acids is 1. The third kappa shape index (κ3) is 4.77. The molecule has 0 N–H and O–H groups in total. The highest BCUT2D eigenvalue weighted by Gasteiger charge is 2.23. The molecule has 7 nitrogen and oxygen atoms in total. The number of benzene rings is 3. The number of rotatable bonds is 6. The van der Waals surface area contributed by atoms with Gasteiger partial charge in [0.15, 0.2) is 0 Å². The van der Waals surface area contributed by atoms with Gasteiger partial charge < -0.3 is 9.80 Å². The molecule has 33 heavy (non-hydrogen) atoms. The van der Waals surface area contributed by atoms with Crippen molar-refractivity contribution in [3.63, 3.8) is 0 Å².